The van der Waals surface area contributed by atoms with Crippen LogP contribution < -0.4 is 10.6 Å². The van der Waals surface area contributed by atoms with Crippen LogP contribution in [0.2, 0.25) is 5.02 Å². The number of rotatable bonds is 9. The fourth-order valence-electron chi connectivity index (χ4n) is 5.76. The maximum atomic E-state index is 13.9. The molecule has 44 heavy (non-hydrogen) atoms. The molecule has 0 spiro atoms. The van der Waals surface area contributed by atoms with Crippen LogP contribution in [0.25, 0.3) is 10.9 Å². The second-order valence-electron chi connectivity index (χ2n) is 11.4. The zero-order valence-electron chi connectivity index (χ0n) is 23.5. The van der Waals surface area contributed by atoms with Crippen molar-refractivity contribution < 1.29 is 4.39 Å². The highest BCUT2D eigenvalue weighted by Gasteiger charge is 2.44. The summed E-state index contributed by atoms with van der Waals surface area (Å²) in [6.07, 6.45) is 6.12. The van der Waals surface area contributed by atoms with E-state index >= 15 is 0 Å². The number of fused-ring (bicyclic) bond motifs is 1. The van der Waals surface area contributed by atoms with Gasteiger partial charge in [-0.2, -0.15) is 10.5 Å². The number of nitriles is 2. The van der Waals surface area contributed by atoms with Gasteiger partial charge in [-0.05, 0) is 54.7 Å². The highest BCUT2D eigenvalue weighted by molar-refractivity contribution is 6.36. The second-order valence-corrected chi connectivity index (χ2v) is 11.8. The third-order valence-electron chi connectivity index (χ3n) is 8.41. The summed E-state index contributed by atoms with van der Waals surface area (Å²) in [4.78, 5) is 4.50. The quantitative estimate of drug-likeness (QED) is 0.183. The average Bonchev–Trinajstić information content (AvgIpc) is 3.98. The number of aromatic nitrogens is 4. The van der Waals surface area contributed by atoms with Gasteiger partial charge in [0.25, 0.3) is 0 Å². The van der Waals surface area contributed by atoms with Gasteiger partial charge in [0.2, 0.25) is 0 Å². The number of benzene rings is 3. The topological polar surface area (TPSA) is 115 Å². The smallest absolute Gasteiger partial charge is 0.123 e. The number of nitrogens with one attached hydrogen (secondary N) is 2. The van der Waals surface area contributed by atoms with Crippen LogP contribution in [-0.4, -0.2) is 27.8 Å². The summed E-state index contributed by atoms with van der Waals surface area (Å²) in [7, 11) is 7.07. The minimum Gasteiger partial charge on any atom is -0.378 e. The Hall–Kier alpha value is -4.93. The van der Waals surface area contributed by atoms with Crippen molar-refractivity contribution >= 4 is 41.7 Å². The summed E-state index contributed by atoms with van der Waals surface area (Å²) in [6.45, 7) is 0. The molecule has 3 aromatic carbocycles. The molecule has 5 aromatic rings. The van der Waals surface area contributed by atoms with Crippen molar-refractivity contribution in [1.82, 2.24) is 20.0 Å². The van der Waals surface area contributed by atoms with E-state index in [-0.39, 0.29) is 29.7 Å². The lowest BCUT2D eigenvalue weighted by molar-refractivity contribution is 0.610. The Balaban J connectivity index is 1.33. The highest BCUT2D eigenvalue weighted by atomic mass is 35.5. The first-order chi connectivity index (χ1) is 21.4. The zero-order chi connectivity index (χ0) is 30.4. The maximum Gasteiger partial charge on any atom is 0.123 e. The van der Waals surface area contributed by atoms with E-state index in [2.05, 4.69) is 38.1 Å². The monoisotopic (exact) mass is 598 g/mol. The molecule has 11 heteroatoms. The molecule has 2 N–H and O–H groups in total. The lowest BCUT2D eigenvalue weighted by atomic mass is 9.69. The van der Waals surface area contributed by atoms with E-state index in [1.54, 1.807) is 22.9 Å². The molecule has 214 valence electrons. The van der Waals surface area contributed by atoms with Crippen molar-refractivity contribution in [1.29, 1.82) is 10.5 Å². The number of halogens is 2. The van der Waals surface area contributed by atoms with Gasteiger partial charge in [0.05, 0.1) is 57.5 Å². The van der Waals surface area contributed by atoms with Crippen LogP contribution in [0, 0.1) is 40.3 Å². The van der Waals surface area contributed by atoms with Crippen molar-refractivity contribution in [2.45, 2.75) is 36.8 Å². The molecule has 0 bridgehead atoms. The number of nitrogens with zero attached hydrogens (tertiary/aromatic N) is 6. The van der Waals surface area contributed by atoms with Crippen LogP contribution in [-0.2, 0) is 5.44 Å². The number of anilines is 2. The van der Waals surface area contributed by atoms with Crippen LogP contribution in [0.4, 0.5) is 15.8 Å². The summed E-state index contributed by atoms with van der Waals surface area (Å²) >= 11 is 6.82. The van der Waals surface area contributed by atoms with E-state index in [0.29, 0.717) is 44.1 Å². The number of pyridine rings is 1. The zero-order valence-corrected chi connectivity index (χ0v) is 24.2. The van der Waals surface area contributed by atoms with Crippen molar-refractivity contribution in [2.75, 3.05) is 10.6 Å². The third kappa shape index (κ3) is 5.12. The molecule has 4 atom stereocenters. The van der Waals surface area contributed by atoms with Gasteiger partial charge in [-0.15, -0.1) is 5.10 Å². The lowest BCUT2D eigenvalue weighted by Crippen LogP contribution is -2.37. The molecular formula is C33H25BClFN8. The van der Waals surface area contributed by atoms with E-state index in [4.69, 9.17) is 19.4 Å². The molecule has 2 fully saturated rings. The molecule has 0 amide bonds. The van der Waals surface area contributed by atoms with Crippen molar-refractivity contribution in [2.24, 2.45) is 11.8 Å². The second kappa shape index (κ2) is 11.0. The minimum absolute atomic E-state index is 0.0789. The molecule has 2 aliphatic rings. The summed E-state index contributed by atoms with van der Waals surface area (Å²) in [5, 5.41) is 36.4. The van der Waals surface area contributed by atoms with Gasteiger partial charge in [-0.25, -0.2) is 9.07 Å². The van der Waals surface area contributed by atoms with Gasteiger partial charge >= 0.3 is 0 Å². The van der Waals surface area contributed by atoms with Gasteiger partial charge in [0, 0.05) is 23.2 Å². The number of hydrogen-bond donors (Lipinski definition) is 2. The molecular weight excluding hydrogens is 574 g/mol. The largest absolute Gasteiger partial charge is 0.378 e. The fraction of sp³-hybridized carbons (Fsp3) is 0.242. The molecule has 2 heterocycles. The molecule has 0 saturated heterocycles. The normalized spacial score (nSPS) is 19.4. The van der Waals surface area contributed by atoms with E-state index < -0.39 is 5.44 Å². The molecule has 2 radical (unpaired) electrons. The molecule has 4 unspecified atom stereocenters. The van der Waals surface area contributed by atoms with Gasteiger partial charge in [-0.3, -0.25) is 4.98 Å². The highest BCUT2D eigenvalue weighted by Crippen LogP contribution is 2.49. The Bertz CT molecular complexity index is 1950. The standard InChI is InChI=1S/C33H25BClFN8/c34-33(22-6-8-23(36)9-7-22,29-18-44(43-42-29)25-10-11-25)41-24-13-27-31(21(16-38)17-39-32(27)28(35)14-24)40-30(26-12-20(26)15-37)19-4-2-1-3-5-19/h1-9,13-14,17-18,20,25-26,30,41H,10-12H2,(H,39,40). The third-order valence-corrected chi connectivity index (χ3v) is 8.70. The van der Waals surface area contributed by atoms with Crippen molar-refractivity contribution in [3.8, 4) is 12.1 Å². The number of hydrogen-bond acceptors (Lipinski definition) is 7. The Morgan fingerprint density at radius 2 is 1.86 bits per heavy atom. The Morgan fingerprint density at radius 1 is 1.09 bits per heavy atom. The summed E-state index contributed by atoms with van der Waals surface area (Å²) in [5.41, 5.74) is 2.58. The Labute approximate surface area is 259 Å². The van der Waals surface area contributed by atoms with E-state index in [9.17, 15) is 14.9 Å². The lowest BCUT2D eigenvalue weighted by Gasteiger charge is -2.32. The molecule has 0 aliphatic heterocycles. The molecule has 2 aliphatic carbocycles. The molecule has 2 saturated carbocycles. The Morgan fingerprint density at radius 3 is 2.55 bits per heavy atom. The summed E-state index contributed by atoms with van der Waals surface area (Å²) < 4.78 is 15.7. The van der Waals surface area contributed by atoms with Gasteiger partial charge in [0.1, 0.15) is 25.4 Å². The molecule has 2 aromatic heterocycles. The van der Waals surface area contributed by atoms with Crippen molar-refractivity contribution in [3.63, 3.8) is 0 Å². The van der Waals surface area contributed by atoms with E-state index in [1.807, 2.05) is 42.6 Å². The van der Waals surface area contributed by atoms with E-state index in [1.165, 1.54) is 18.3 Å². The first-order valence-electron chi connectivity index (χ1n) is 14.4. The van der Waals surface area contributed by atoms with Crippen LogP contribution in [0.3, 0.4) is 0 Å². The van der Waals surface area contributed by atoms with Crippen molar-refractivity contribution in [3.05, 3.63) is 112 Å². The predicted molar refractivity (Wildman–Crippen MR) is 166 cm³/mol. The van der Waals surface area contributed by atoms with Crippen LogP contribution in [0.15, 0.2) is 79.1 Å². The average molecular weight is 599 g/mol. The first kappa shape index (κ1) is 27.9. The fourth-order valence-corrected chi connectivity index (χ4v) is 6.02. The first-order valence-corrected chi connectivity index (χ1v) is 14.7. The maximum absolute atomic E-state index is 13.9. The van der Waals surface area contributed by atoms with Gasteiger partial charge < -0.3 is 10.6 Å². The minimum atomic E-state index is -1.40. The van der Waals surface area contributed by atoms with Gasteiger partial charge in [-0.1, -0.05) is 59.3 Å². The van der Waals surface area contributed by atoms with E-state index in [0.717, 1.165) is 24.8 Å². The van der Waals surface area contributed by atoms with Gasteiger partial charge in [0.15, 0.2) is 0 Å². The van der Waals surface area contributed by atoms with Crippen LogP contribution >= 0.6 is 11.6 Å². The van der Waals surface area contributed by atoms with Crippen LogP contribution in [0.5, 0.6) is 0 Å². The Kier molecular flexibility index (Phi) is 6.95. The SMILES string of the molecule is [B]C(Nc1cc(Cl)c2ncc(C#N)c(NC(c3ccccc3)C3CC3C#N)c2c1)(c1ccc(F)cc1)c1cn(C2CC2)nn1. The molecule has 8 nitrogen and oxygen atoms in total. The summed E-state index contributed by atoms with van der Waals surface area (Å²) in [6, 6.07) is 24.1. The molecule has 7 rings (SSSR count). The van der Waals surface area contributed by atoms with Crippen LogP contribution in [0.1, 0.15) is 53.7 Å². The summed E-state index contributed by atoms with van der Waals surface area (Å²) in [5.74, 6) is -0.387. The predicted octanol–water partition coefficient (Wildman–Crippen LogP) is 6.62.